The Labute approximate surface area is 182 Å². The van der Waals surface area contributed by atoms with Crippen LogP contribution in [-0.2, 0) is 16.0 Å². The van der Waals surface area contributed by atoms with E-state index in [0.717, 1.165) is 5.39 Å². The van der Waals surface area contributed by atoms with Crippen LogP contribution in [0.3, 0.4) is 0 Å². The van der Waals surface area contributed by atoms with Gasteiger partial charge in [-0.25, -0.2) is 9.37 Å². The highest BCUT2D eigenvalue weighted by atomic mass is 32.1. The number of benzene rings is 1. The molecule has 1 saturated heterocycles. The van der Waals surface area contributed by atoms with Gasteiger partial charge < -0.3 is 20.1 Å². The first-order valence-electron chi connectivity index (χ1n) is 9.97. The molecule has 1 aromatic carbocycles. The number of thiophene rings is 1. The van der Waals surface area contributed by atoms with Crippen LogP contribution in [0.5, 0.6) is 0 Å². The molecule has 31 heavy (non-hydrogen) atoms. The van der Waals surface area contributed by atoms with E-state index in [9.17, 15) is 14.0 Å². The molecule has 4 rings (SSSR count). The van der Waals surface area contributed by atoms with Crippen molar-refractivity contribution in [2.75, 3.05) is 32.8 Å². The van der Waals surface area contributed by atoms with E-state index >= 15 is 0 Å². The molecule has 0 bridgehead atoms. The smallest absolute Gasteiger partial charge is 0.261 e. The van der Waals surface area contributed by atoms with E-state index in [0.29, 0.717) is 34.0 Å². The number of pyridine rings is 1. The predicted octanol–water partition coefficient (Wildman–Crippen LogP) is 2.30. The van der Waals surface area contributed by atoms with Gasteiger partial charge in [0, 0.05) is 30.2 Å². The van der Waals surface area contributed by atoms with Gasteiger partial charge in [0.15, 0.2) is 0 Å². The van der Waals surface area contributed by atoms with Gasteiger partial charge in [-0.05, 0) is 23.8 Å². The second kappa shape index (κ2) is 9.51. The van der Waals surface area contributed by atoms with Crippen LogP contribution in [0.2, 0.25) is 0 Å². The summed E-state index contributed by atoms with van der Waals surface area (Å²) in [6.07, 6.45) is 1.27. The van der Waals surface area contributed by atoms with Gasteiger partial charge in [-0.2, -0.15) is 0 Å². The Kier molecular flexibility index (Phi) is 6.55. The zero-order valence-corrected chi connectivity index (χ0v) is 17.5. The molecule has 2 amide bonds. The average molecular weight is 444 g/mol. The summed E-state index contributed by atoms with van der Waals surface area (Å²) >= 11 is 1.26. The number of hydrogen-bond donors (Lipinski definition) is 2. The Morgan fingerprint density at radius 3 is 3.00 bits per heavy atom. The zero-order valence-electron chi connectivity index (χ0n) is 16.7. The van der Waals surface area contributed by atoms with Crippen LogP contribution >= 0.6 is 11.3 Å². The monoisotopic (exact) mass is 443 g/mol. The summed E-state index contributed by atoms with van der Waals surface area (Å²) in [6.45, 7) is 1.03. The Morgan fingerprint density at radius 2 is 2.19 bits per heavy atom. The second-order valence-corrected chi connectivity index (χ2v) is 8.19. The van der Waals surface area contributed by atoms with Crippen LogP contribution in [0.15, 0.2) is 42.6 Å². The fraction of sp³-hybridized carbons (Fsp3) is 0.318. The minimum Gasteiger partial charge on any atom is -0.395 e. The summed E-state index contributed by atoms with van der Waals surface area (Å²) in [7, 11) is 0. The number of carbonyl (C=O) groups is 2. The van der Waals surface area contributed by atoms with Gasteiger partial charge in [-0.15, -0.1) is 11.3 Å². The SMILES string of the molecule is O=C(NCCO)c1sc2ncccc2c1C1CN(C(=O)Cc2cccc(F)c2)CCO1. The summed E-state index contributed by atoms with van der Waals surface area (Å²) in [5.74, 6) is -0.803. The van der Waals surface area contributed by atoms with Crippen LogP contribution in [0.4, 0.5) is 4.39 Å². The van der Waals surface area contributed by atoms with E-state index in [4.69, 9.17) is 9.84 Å². The summed E-state index contributed by atoms with van der Waals surface area (Å²) < 4.78 is 19.4. The van der Waals surface area contributed by atoms with Gasteiger partial charge in [0.05, 0.1) is 26.2 Å². The van der Waals surface area contributed by atoms with Crippen molar-refractivity contribution in [3.63, 3.8) is 0 Å². The molecule has 3 aromatic rings. The van der Waals surface area contributed by atoms with Crippen LogP contribution in [-0.4, -0.2) is 59.7 Å². The first-order chi connectivity index (χ1) is 15.1. The highest BCUT2D eigenvalue weighted by molar-refractivity contribution is 7.20. The molecule has 2 N–H and O–H groups in total. The fourth-order valence-corrected chi connectivity index (χ4v) is 4.78. The second-order valence-electron chi connectivity index (χ2n) is 7.19. The lowest BCUT2D eigenvalue weighted by Gasteiger charge is -2.33. The summed E-state index contributed by atoms with van der Waals surface area (Å²) in [5, 5.41) is 12.5. The number of rotatable bonds is 6. The zero-order chi connectivity index (χ0) is 21.8. The number of aliphatic hydroxyl groups excluding tert-OH is 1. The number of hydrogen-bond acceptors (Lipinski definition) is 6. The number of nitrogens with zero attached hydrogens (tertiary/aromatic N) is 2. The molecule has 1 aliphatic heterocycles. The van der Waals surface area contributed by atoms with E-state index in [1.165, 1.54) is 23.5 Å². The van der Waals surface area contributed by atoms with Crippen molar-refractivity contribution in [1.82, 2.24) is 15.2 Å². The molecule has 0 spiro atoms. The maximum absolute atomic E-state index is 13.5. The Hall–Kier alpha value is -2.88. The van der Waals surface area contributed by atoms with Crippen molar-refractivity contribution in [3.8, 4) is 0 Å². The largest absolute Gasteiger partial charge is 0.395 e. The van der Waals surface area contributed by atoms with Gasteiger partial charge >= 0.3 is 0 Å². The molecule has 0 radical (unpaired) electrons. The third kappa shape index (κ3) is 4.73. The third-order valence-electron chi connectivity index (χ3n) is 5.09. The molecular formula is C22H22FN3O4S. The van der Waals surface area contributed by atoms with Crippen LogP contribution in [0.1, 0.15) is 26.9 Å². The Morgan fingerprint density at radius 1 is 1.32 bits per heavy atom. The van der Waals surface area contributed by atoms with Gasteiger partial charge in [0.2, 0.25) is 5.91 Å². The van der Waals surface area contributed by atoms with Crippen molar-refractivity contribution in [2.45, 2.75) is 12.5 Å². The molecule has 162 valence electrons. The lowest BCUT2D eigenvalue weighted by atomic mass is 10.0. The van der Waals surface area contributed by atoms with E-state index in [2.05, 4.69) is 10.3 Å². The van der Waals surface area contributed by atoms with Crippen LogP contribution in [0, 0.1) is 5.82 Å². The Balaban J connectivity index is 1.59. The van der Waals surface area contributed by atoms with Crippen molar-refractivity contribution in [1.29, 1.82) is 0 Å². The summed E-state index contributed by atoms with van der Waals surface area (Å²) in [4.78, 5) is 32.8. The minimum atomic E-state index is -0.488. The quantitative estimate of drug-likeness (QED) is 0.610. The number of aromatic nitrogens is 1. The first kappa shape index (κ1) is 21.4. The first-order valence-corrected chi connectivity index (χ1v) is 10.8. The number of amides is 2. The highest BCUT2D eigenvalue weighted by Gasteiger charge is 2.31. The molecule has 1 aliphatic rings. The van der Waals surface area contributed by atoms with Crippen LogP contribution in [0.25, 0.3) is 10.2 Å². The summed E-state index contributed by atoms with van der Waals surface area (Å²) in [5.41, 5.74) is 1.31. The molecular weight excluding hydrogens is 421 g/mol. The normalized spacial score (nSPS) is 16.5. The number of ether oxygens (including phenoxy) is 1. The Bertz CT molecular complexity index is 1100. The molecule has 3 heterocycles. The number of carbonyl (C=O) groups excluding carboxylic acids is 2. The van der Waals surface area contributed by atoms with Gasteiger partial charge in [0.1, 0.15) is 21.6 Å². The molecule has 9 heteroatoms. The molecule has 7 nitrogen and oxygen atoms in total. The van der Waals surface area contributed by atoms with Crippen molar-refractivity contribution < 1.29 is 23.8 Å². The number of aliphatic hydroxyl groups is 1. The van der Waals surface area contributed by atoms with E-state index in [1.54, 1.807) is 29.3 Å². The highest BCUT2D eigenvalue weighted by Crippen LogP contribution is 2.37. The van der Waals surface area contributed by atoms with E-state index in [1.807, 2.05) is 6.07 Å². The lowest BCUT2D eigenvalue weighted by molar-refractivity contribution is -0.138. The van der Waals surface area contributed by atoms with Gasteiger partial charge in [-0.1, -0.05) is 18.2 Å². The molecule has 0 saturated carbocycles. The van der Waals surface area contributed by atoms with Crippen LogP contribution < -0.4 is 5.32 Å². The molecule has 1 atom stereocenters. The lowest BCUT2D eigenvalue weighted by Crippen LogP contribution is -2.43. The predicted molar refractivity (Wildman–Crippen MR) is 114 cm³/mol. The van der Waals surface area contributed by atoms with E-state index in [-0.39, 0.29) is 43.7 Å². The van der Waals surface area contributed by atoms with Crippen molar-refractivity contribution in [3.05, 3.63) is 64.4 Å². The maximum Gasteiger partial charge on any atom is 0.261 e. The maximum atomic E-state index is 13.5. The summed E-state index contributed by atoms with van der Waals surface area (Å²) in [6, 6.07) is 9.69. The van der Waals surface area contributed by atoms with Gasteiger partial charge in [-0.3, -0.25) is 9.59 Å². The fourth-order valence-electron chi connectivity index (χ4n) is 3.67. The molecule has 1 fully saturated rings. The molecule has 1 unspecified atom stereocenters. The minimum absolute atomic E-state index is 0.0975. The third-order valence-corrected chi connectivity index (χ3v) is 6.22. The topological polar surface area (TPSA) is 91.8 Å². The average Bonchev–Trinajstić information content (AvgIpc) is 3.17. The molecule has 0 aliphatic carbocycles. The standard InChI is InChI=1S/C22H22FN3O4S/c23-15-4-1-3-14(11-15)12-18(28)26-8-10-30-17(13-26)19-16-5-2-6-25-22(16)31-20(19)21(29)24-7-9-27/h1-6,11,17,27H,7-10,12-13H2,(H,24,29). The number of halogens is 1. The molecule has 2 aromatic heterocycles. The van der Waals surface area contributed by atoms with E-state index < -0.39 is 6.10 Å². The number of fused-ring (bicyclic) bond motifs is 1. The number of nitrogens with one attached hydrogen (secondary N) is 1. The van der Waals surface area contributed by atoms with Crippen molar-refractivity contribution in [2.24, 2.45) is 0 Å². The van der Waals surface area contributed by atoms with Crippen molar-refractivity contribution >= 4 is 33.4 Å². The van der Waals surface area contributed by atoms with Gasteiger partial charge in [0.25, 0.3) is 5.91 Å². The number of morpholine rings is 1.